The molecule has 28 heavy (non-hydrogen) atoms. The van der Waals surface area contributed by atoms with Gasteiger partial charge in [0.15, 0.2) is 5.82 Å². The van der Waals surface area contributed by atoms with Crippen LogP contribution < -0.4 is 4.90 Å². The zero-order valence-corrected chi connectivity index (χ0v) is 16.6. The fourth-order valence-electron chi connectivity index (χ4n) is 3.88. The maximum Gasteiger partial charge on any atom is 0.257 e. The molecule has 0 radical (unpaired) electrons. The molecule has 1 aromatic heterocycles. The molecular weight excluding hydrogens is 356 g/mol. The maximum atomic E-state index is 12.1. The van der Waals surface area contributed by atoms with Gasteiger partial charge < -0.3 is 19.1 Å². The van der Waals surface area contributed by atoms with Gasteiger partial charge in [-0.2, -0.15) is 4.98 Å². The van der Waals surface area contributed by atoms with Crippen LogP contribution >= 0.6 is 0 Å². The molecule has 3 heterocycles. The van der Waals surface area contributed by atoms with Gasteiger partial charge in [-0.05, 0) is 37.1 Å². The number of hydrogen-bond donors (Lipinski definition) is 0. The van der Waals surface area contributed by atoms with Crippen LogP contribution in [0.5, 0.6) is 0 Å². The summed E-state index contributed by atoms with van der Waals surface area (Å²) in [5, 5.41) is 4.22. The molecular formula is C21H28N4O3. The summed E-state index contributed by atoms with van der Waals surface area (Å²) in [6, 6.07) is 8.26. The maximum absolute atomic E-state index is 12.1. The van der Waals surface area contributed by atoms with Crippen molar-refractivity contribution in [3.63, 3.8) is 0 Å². The number of piperidine rings is 1. The summed E-state index contributed by atoms with van der Waals surface area (Å²) in [4.78, 5) is 21.0. The number of carbonyl (C=O) groups excluding carboxylic acids is 1. The van der Waals surface area contributed by atoms with E-state index >= 15 is 0 Å². The van der Waals surface area contributed by atoms with E-state index in [0.29, 0.717) is 5.89 Å². The smallest absolute Gasteiger partial charge is 0.257 e. The Morgan fingerprint density at radius 3 is 2.39 bits per heavy atom. The van der Waals surface area contributed by atoms with Crippen LogP contribution in [0.25, 0.3) is 11.5 Å². The molecule has 0 spiro atoms. The highest BCUT2D eigenvalue weighted by molar-refractivity contribution is 5.78. The lowest BCUT2D eigenvalue weighted by Crippen LogP contribution is -2.40. The summed E-state index contributed by atoms with van der Waals surface area (Å²) in [5.41, 5.74) is 2.12. The zero-order valence-electron chi connectivity index (χ0n) is 16.6. The Balaban J connectivity index is 1.39. The summed E-state index contributed by atoms with van der Waals surface area (Å²) in [6.45, 7) is 8.81. The van der Waals surface area contributed by atoms with Crippen molar-refractivity contribution in [1.82, 2.24) is 15.0 Å². The van der Waals surface area contributed by atoms with E-state index in [1.54, 1.807) is 0 Å². The Kier molecular flexibility index (Phi) is 5.62. The number of likely N-dealkylation sites (tertiary alicyclic amines) is 1. The summed E-state index contributed by atoms with van der Waals surface area (Å²) in [5.74, 6) is 1.84. The van der Waals surface area contributed by atoms with Gasteiger partial charge in [-0.1, -0.05) is 19.0 Å². The summed E-state index contributed by atoms with van der Waals surface area (Å²) in [7, 11) is 0. The van der Waals surface area contributed by atoms with E-state index < -0.39 is 0 Å². The molecule has 7 nitrogen and oxygen atoms in total. The molecule has 2 aromatic rings. The number of hydrogen-bond acceptors (Lipinski definition) is 6. The SMILES string of the molecule is CC(C)C(=O)N1CCC(c2noc(-c3ccc(N4CCOCC4)cc3)n2)CC1. The topological polar surface area (TPSA) is 71.7 Å². The van der Waals surface area contributed by atoms with E-state index in [9.17, 15) is 4.79 Å². The van der Waals surface area contributed by atoms with Gasteiger partial charge in [0, 0.05) is 49.3 Å². The minimum atomic E-state index is 0.0498. The van der Waals surface area contributed by atoms with Crippen LogP contribution in [0.4, 0.5) is 5.69 Å². The molecule has 2 aliphatic rings. The second-order valence-electron chi connectivity index (χ2n) is 7.86. The average Bonchev–Trinajstić information content (AvgIpc) is 3.24. The highest BCUT2D eigenvalue weighted by Gasteiger charge is 2.28. The number of amides is 1. The molecule has 0 atom stereocenters. The van der Waals surface area contributed by atoms with Crippen LogP contribution in [0, 0.1) is 5.92 Å². The van der Waals surface area contributed by atoms with Crippen molar-refractivity contribution in [2.24, 2.45) is 5.92 Å². The first-order valence-corrected chi connectivity index (χ1v) is 10.2. The highest BCUT2D eigenvalue weighted by atomic mass is 16.5. The number of benzene rings is 1. The molecule has 1 aromatic carbocycles. The van der Waals surface area contributed by atoms with Crippen LogP contribution in [0.15, 0.2) is 28.8 Å². The van der Waals surface area contributed by atoms with Crippen LogP contribution in [-0.2, 0) is 9.53 Å². The zero-order chi connectivity index (χ0) is 19.5. The minimum Gasteiger partial charge on any atom is -0.378 e. The third-order valence-corrected chi connectivity index (χ3v) is 5.60. The van der Waals surface area contributed by atoms with Crippen molar-refractivity contribution >= 4 is 11.6 Å². The number of anilines is 1. The van der Waals surface area contributed by atoms with Gasteiger partial charge in [0.1, 0.15) is 0 Å². The van der Waals surface area contributed by atoms with Crippen molar-refractivity contribution in [3.05, 3.63) is 30.1 Å². The Hall–Kier alpha value is -2.41. The van der Waals surface area contributed by atoms with Gasteiger partial charge in [0.2, 0.25) is 5.91 Å². The summed E-state index contributed by atoms with van der Waals surface area (Å²) in [6.07, 6.45) is 1.76. The van der Waals surface area contributed by atoms with Crippen molar-refractivity contribution < 1.29 is 14.1 Å². The monoisotopic (exact) mass is 384 g/mol. The molecule has 4 rings (SSSR count). The number of ether oxygens (including phenoxy) is 1. The molecule has 7 heteroatoms. The molecule has 150 valence electrons. The molecule has 0 aliphatic carbocycles. The molecule has 0 saturated carbocycles. The largest absolute Gasteiger partial charge is 0.378 e. The predicted octanol–water partition coefficient (Wildman–Crippen LogP) is 2.94. The molecule has 0 unspecified atom stereocenters. The van der Waals surface area contributed by atoms with E-state index in [-0.39, 0.29) is 17.7 Å². The molecule has 2 fully saturated rings. The molecule has 1 amide bonds. The predicted molar refractivity (Wildman–Crippen MR) is 106 cm³/mol. The first-order valence-electron chi connectivity index (χ1n) is 10.2. The van der Waals surface area contributed by atoms with Crippen molar-refractivity contribution in [2.75, 3.05) is 44.3 Å². The fourth-order valence-corrected chi connectivity index (χ4v) is 3.88. The van der Waals surface area contributed by atoms with E-state index in [0.717, 1.165) is 63.6 Å². The van der Waals surface area contributed by atoms with Crippen molar-refractivity contribution in [3.8, 4) is 11.5 Å². The molecule has 0 N–H and O–H groups in total. The Morgan fingerprint density at radius 1 is 1.07 bits per heavy atom. The number of morpholine rings is 1. The fraction of sp³-hybridized carbons (Fsp3) is 0.571. The minimum absolute atomic E-state index is 0.0498. The lowest BCUT2D eigenvalue weighted by atomic mass is 9.95. The van der Waals surface area contributed by atoms with Crippen molar-refractivity contribution in [1.29, 1.82) is 0 Å². The Bertz CT molecular complexity index is 788. The molecule has 2 aliphatic heterocycles. The Morgan fingerprint density at radius 2 is 1.75 bits per heavy atom. The lowest BCUT2D eigenvalue weighted by molar-refractivity contribution is -0.135. The normalized spacial score (nSPS) is 18.7. The number of nitrogens with zero attached hydrogens (tertiary/aromatic N) is 4. The van der Waals surface area contributed by atoms with Gasteiger partial charge >= 0.3 is 0 Å². The standard InChI is InChI=1S/C21H28N4O3/c1-15(2)21(26)25-9-7-16(8-10-25)19-22-20(28-23-19)17-3-5-18(6-4-17)24-11-13-27-14-12-24/h3-6,15-16H,7-14H2,1-2H3. The number of rotatable bonds is 4. The third kappa shape index (κ3) is 4.04. The quantitative estimate of drug-likeness (QED) is 0.807. The van der Waals surface area contributed by atoms with E-state index in [1.165, 1.54) is 5.69 Å². The number of carbonyl (C=O) groups is 1. The molecule has 0 bridgehead atoms. The van der Waals surface area contributed by atoms with Crippen LogP contribution in [0.3, 0.4) is 0 Å². The van der Waals surface area contributed by atoms with Crippen LogP contribution in [0.1, 0.15) is 38.4 Å². The first-order chi connectivity index (χ1) is 13.6. The summed E-state index contributed by atoms with van der Waals surface area (Å²) < 4.78 is 10.9. The van der Waals surface area contributed by atoms with Crippen LogP contribution in [0.2, 0.25) is 0 Å². The van der Waals surface area contributed by atoms with Gasteiger partial charge in [-0.15, -0.1) is 0 Å². The average molecular weight is 384 g/mol. The second kappa shape index (κ2) is 8.31. The third-order valence-electron chi connectivity index (χ3n) is 5.60. The molecule has 2 saturated heterocycles. The lowest BCUT2D eigenvalue weighted by Gasteiger charge is -2.31. The van der Waals surface area contributed by atoms with Crippen molar-refractivity contribution in [2.45, 2.75) is 32.6 Å². The van der Waals surface area contributed by atoms with Crippen LogP contribution in [-0.4, -0.2) is 60.3 Å². The number of aromatic nitrogens is 2. The van der Waals surface area contributed by atoms with Gasteiger partial charge in [0.05, 0.1) is 13.2 Å². The summed E-state index contributed by atoms with van der Waals surface area (Å²) >= 11 is 0. The highest BCUT2D eigenvalue weighted by Crippen LogP contribution is 2.29. The van der Waals surface area contributed by atoms with E-state index in [2.05, 4.69) is 27.2 Å². The Labute approximate surface area is 165 Å². The second-order valence-corrected chi connectivity index (χ2v) is 7.86. The van der Waals surface area contributed by atoms with Gasteiger partial charge in [-0.25, -0.2) is 0 Å². The van der Waals surface area contributed by atoms with Gasteiger partial charge in [-0.3, -0.25) is 4.79 Å². The van der Waals surface area contributed by atoms with E-state index in [1.807, 2.05) is 30.9 Å². The van der Waals surface area contributed by atoms with Gasteiger partial charge in [0.25, 0.3) is 5.89 Å². The first kappa shape index (κ1) is 18.9. The van der Waals surface area contributed by atoms with E-state index in [4.69, 9.17) is 9.26 Å².